The molecule has 2 aromatic carbocycles. The maximum absolute atomic E-state index is 14.0. The quantitative estimate of drug-likeness (QED) is 0.715. The number of para-hydroxylation sites is 1. The van der Waals surface area contributed by atoms with Crippen molar-refractivity contribution in [3.8, 4) is 0 Å². The number of anilines is 5. The second-order valence-electron chi connectivity index (χ2n) is 7.13. The summed E-state index contributed by atoms with van der Waals surface area (Å²) in [6.45, 7) is 2.92. The number of hydrogen-bond acceptors (Lipinski definition) is 7. The van der Waals surface area contributed by atoms with Crippen LogP contribution in [-0.2, 0) is 0 Å². The number of halogens is 1. The van der Waals surface area contributed by atoms with E-state index in [9.17, 15) is 4.39 Å². The minimum absolute atomic E-state index is 0.184. The van der Waals surface area contributed by atoms with E-state index in [1.165, 1.54) is 6.07 Å². The van der Waals surface area contributed by atoms with Crippen molar-refractivity contribution in [3.63, 3.8) is 0 Å². The van der Waals surface area contributed by atoms with Gasteiger partial charge in [0.25, 0.3) is 0 Å². The van der Waals surface area contributed by atoms with E-state index in [-0.39, 0.29) is 5.82 Å². The first-order valence-corrected chi connectivity index (χ1v) is 9.59. The van der Waals surface area contributed by atoms with Crippen LogP contribution in [0.25, 0.3) is 0 Å². The van der Waals surface area contributed by atoms with E-state index in [0.717, 1.165) is 43.4 Å². The Bertz CT molecular complexity index is 953. The normalized spacial score (nSPS) is 14.0. The van der Waals surface area contributed by atoms with Gasteiger partial charge in [-0.05, 0) is 36.4 Å². The van der Waals surface area contributed by atoms with Crippen LogP contribution in [0.3, 0.4) is 0 Å². The molecule has 29 heavy (non-hydrogen) atoms. The molecule has 1 aromatic heterocycles. The van der Waals surface area contributed by atoms with E-state index in [2.05, 4.69) is 30.3 Å². The molecule has 1 saturated heterocycles. The lowest BCUT2D eigenvalue weighted by Gasteiger charge is -2.36. The Labute approximate surface area is 169 Å². The molecule has 3 aromatic rings. The van der Waals surface area contributed by atoms with Gasteiger partial charge in [0.15, 0.2) is 5.82 Å². The van der Waals surface area contributed by atoms with Gasteiger partial charge in [-0.1, -0.05) is 12.1 Å². The zero-order valence-electron chi connectivity index (χ0n) is 16.6. The van der Waals surface area contributed by atoms with E-state index in [4.69, 9.17) is 0 Å². The Kier molecular flexibility index (Phi) is 5.41. The Hall–Kier alpha value is -3.42. The van der Waals surface area contributed by atoms with Gasteiger partial charge in [-0.25, -0.2) is 4.39 Å². The smallest absolute Gasteiger partial charge is 0.249 e. The standard InChI is InChI=1S/C21H24FN7/c1-27(2)17-9-7-16(8-10-17)24-21-25-20(15-23-26-21)29-13-11-28(12-14-29)19-6-4-3-5-18(19)22/h3-10,15H,11-14H2,1-2H3,(H,24,25,26). The monoisotopic (exact) mass is 393 g/mol. The Morgan fingerprint density at radius 1 is 0.931 bits per heavy atom. The van der Waals surface area contributed by atoms with Crippen LogP contribution in [0.1, 0.15) is 0 Å². The predicted molar refractivity (Wildman–Crippen MR) is 115 cm³/mol. The second kappa shape index (κ2) is 8.30. The second-order valence-corrected chi connectivity index (χ2v) is 7.13. The van der Waals surface area contributed by atoms with Crippen molar-refractivity contribution in [1.29, 1.82) is 0 Å². The lowest BCUT2D eigenvalue weighted by Crippen LogP contribution is -2.47. The molecule has 1 aliphatic heterocycles. The molecule has 0 bridgehead atoms. The molecule has 1 N–H and O–H groups in total. The first-order valence-electron chi connectivity index (χ1n) is 9.59. The molecule has 2 heterocycles. The summed E-state index contributed by atoms with van der Waals surface area (Å²) in [5.41, 5.74) is 2.67. The number of nitrogens with one attached hydrogen (secondary N) is 1. The van der Waals surface area contributed by atoms with Gasteiger partial charge in [0.05, 0.1) is 11.9 Å². The molecule has 150 valence electrons. The average Bonchev–Trinajstić information content (AvgIpc) is 2.75. The number of aromatic nitrogens is 3. The van der Waals surface area contributed by atoms with E-state index in [1.807, 2.05) is 55.4 Å². The van der Waals surface area contributed by atoms with Gasteiger partial charge in [-0.2, -0.15) is 10.1 Å². The third-order valence-corrected chi connectivity index (χ3v) is 4.98. The van der Waals surface area contributed by atoms with Crippen molar-refractivity contribution in [2.75, 3.05) is 60.3 Å². The van der Waals surface area contributed by atoms with Crippen LogP contribution < -0.4 is 20.0 Å². The topological polar surface area (TPSA) is 60.4 Å². The molecule has 7 nitrogen and oxygen atoms in total. The number of hydrogen-bond donors (Lipinski definition) is 1. The molecule has 4 rings (SSSR count). The lowest BCUT2D eigenvalue weighted by molar-refractivity contribution is 0.595. The first kappa shape index (κ1) is 18.9. The molecule has 1 fully saturated rings. The summed E-state index contributed by atoms with van der Waals surface area (Å²) in [7, 11) is 4.01. The molecule has 8 heteroatoms. The molecule has 0 radical (unpaired) electrons. The van der Waals surface area contributed by atoms with Crippen LogP contribution in [0, 0.1) is 5.82 Å². The molecule has 0 spiro atoms. The molecule has 0 unspecified atom stereocenters. The molecule has 0 amide bonds. The third-order valence-electron chi connectivity index (χ3n) is 4.98. The summed E-state index contributed by atoms with van der Waals surface area (Å²) >= 11 is 0. The number of piperazine rings is 1. The SMILES string of the molecule is CN(C)c1ccc(Nc2nncc(N3CCN(c4ccccc4F)CC3)n2)cc1. The molecule has 0 aliphatic carbocycles. The number of benzene rings is 2. The highest BCUT2D eigenvalue weighted by Gasteiger charge is 2.20. The van der Waals surface area contributed by atoms with Crippen LogP contribution in [0.4, 0.5) is 33.2 Å². The van der Waals surface area contributed by atoms with Crippen LogP contribution in [0.15, 0.2) is 54.7 Å². The lowest BCUT2D eigenvalue weighted by atomic mass is 10.2. The molecule has 1 aliphatic rings. The fraction of sp³-hybridized carbons (Fsp3) is 0.286. The van der Waals surface area contributed by atoms with Gasteiger partial charge < -0.3 is 20.0 Å². The van der Waals surface area contributed by atoms with Crippen molar-refractivity contribution in [1.82, 2.24) is 15.2 Å². The molecular formula is C21H24FN7. The minimum atomic E-state index is -0.184. The van der Waals surface area contributed by atoms with E-state index in [1.54, 1.807) is 12.3 Å². The van der Waals surface area contributed by atoms with Gasteiger partial charge in [0.2, 0.25) is 5.95 Å². The Balaban J connectivity index is 1.41. The van der Waals surface area contributed by atoms with Crippen LogP contribution in [0.5, 0.6) is 0 Å². The fourth-order valence-electron chi connectivity index (χ4n) is 3.36. The summed E-state index contributed by atoms with van der Waals surface area (Å²) in [6.07, 6.45) is 1.67. The largest absolute Gasteiger partial charge is 0.378 e. The van der Waals surface area contributed by atoms with Gasteiger partial charge >= 0.3 is 0 Å². The van der Waals surface area contributed by atoms with Gasteiger partial charge in [-0.3, -0.25) is 0 Å². The van der Waals surface area contributed by atoms with Crippen molar-refractivity contribution in [3.05, 3.63) is 60.5 Å². The number of nitrogens with zero attached hydrogens (tertiary/aromatic N) is 6. The summed E-state index contributed by atoms with van der Waals surface area (Å²) < 4.78 is 14.0. The third kappa shape index (κ3) is 4.37. The summed E-state index contributed by atoms with van der Waals surface area (Å²) in [5, 5.41) is 11.4. The van der Waals surface area contributed by atoms with Crippen molar-refractivity contribution in [2.45, 2.75) is 0 Å². The van der Waals surface area contributed by atoms with E-state index < -0.39 is 0 Å². The van der Waals surface area contributed by atoms with Gasteiger partial charge in [-0.15, -0.1) is 5.10 Å². The highest BCUT2D eigenvalue weighted by atomic mass is 19.1. The van der Waals surface area contributed by atoms with Crippen LogP contribution in [0.2, 0.25) is 0 Å². The summed E-state index contributed by atoms with van der Waals surface area (Å²) in [6, 6.07) is 14.9. The molecule has 0 saturated carbocycles. The average molecular weight is 393 g/mol. The number of rotatable bonds is 5. The highest BCUT2D eigenvalue weighted by Crippen LogP contribution is 2.23. The maximum Gasteiger partial charge on any atom is 0.249 e. The van der Waals surface area contributed by atoms with E-state index in [0.29, 0.717) is 11.6 Å². The van der Waals surface area contributed by atoms with Gasteiger partial charge in [0.1, 0.15) is 5.82 Å². The van der Waals surface area contributed by atoms with Crippen LogP contribution in [-0.4, -0.2) is 55.5 Å². The minimum Gasteiger partial charge on any atom is -0.378 e. The van der Waals surface area contributed by atoms with Crippen LogP contribution >= 0.6 is 0 Å². The Morgan fingerprint density at radius 2 is 1.62 bits per heavy atom. The van der Waals surface area contributed by atoms with Crippen molar-refractivity contribution < 1.29 is 4.39 Å². The predicted octanol–water partition coefficient (Wildman–Crippen LogP) is 3.15. The summed E-state index contributed by atoms with van der Waals surface area (Å²) in [4.78, 5) is 10.9. The fourth-order valence-corrected chi connectivity index (χ4v) is 3.36. The zero-order chi connectivity index (χ0) is 20.2. The van der Waals surface area contributed by atoms with E-state index >= 15 is 0 Å². The van der Waals surface area contributed by atoms with Crippen molar-refractivity contribution >= 4 is 28.8 Å². The Morgan fingerprint density at radius 3 is 2.31 bits per heavy atom. The van der Waals surface area contributed by atoms with Gasteiger partial charge in [0, 0.05) is 51.6 Å². The van der Waals surface area contributed by atoms with Crippen molar-refractivity contribution in [2.24, 2.45) is 0 Å². The zero-order valence-corrected chi connectivity index (χ0v) is 16.6. The maximum atomic E-state index is 14.0. The highest BCUT2D eigenvalue weighted by molar-refractivity contribution is 5.59. The molecular weight excluding hydrogens is 369 g/mol. The summed E-state index contributed by atoms with van der Waals surface area (Å²) in [5.74, 6) is 1.04. The first-order chi connectivity index (χ1) is 14.1. The molecule has 0 atom stereocenters.